The van der Waals surface area contributed by atoms with E-state index in [2.05, 4.69) is 5.32 Å². The summed E-state index contributed by atoms with van der Waals surface area (Å²) in [6.45, 7) is 3.83. The minimum atomic E-state index is -0.301. The number of ether oxygens (including phenoxy) is 1. The molecule has 2 rings (SSSR count). The highest BCUT2D eigenvalue weighted by Gasteiger charge is 2.33. The molecule has 0 spiro atoms. The molecule has 0 aliphatic carbocycles. The second kappa shape index (κ2) is 5.21. The number of benzene rings is 1. The Morgan fingerprint density at radius 3 is 2.61 bits per heavy atom. The van der Waals surface area contributed by atoms with Crippen molar-refractivity contribution >= 4 is 17.6 Å². The van der Waals surface area contributed by atoms with Gasteiger partial charge in [-0.25, -0.2) is 0 Å². The summed E-state index contributed by atoms with van der Waals surface area (Å²) >= 11 is 0. The standard InChI is InChI=1S/C14H17NO3/c1-9-3-5-12(6-4-9)15-13(16)8-11-7-10(2)18-14(11)17/h3-6,10-11H,7-8H2,1-2H3,(H,15,16)/t10-,11-/m0/s1. The Labute approximate surface area is 106 Å². The first-order valence-electron chi connectivity index (χ1n) is 6.11. The number of carbonyl (C=O) groups excluding carboxylic acids is 2. The SMILES string of the molecule is Cc1ccc(NC(=O)C[C@@H]2C[C@H](C)OC2=O)cc1. The van der Waals surface area contributed by atoms with Gasteiger partial charge in [-0.05, 0) is 32.4 Å². The third-order valence-electron chi connectivity index (χ3n) is 3.03. The summed E-state index contributed by atoms with van der Waals surface area (Å²) in [7, 11) is 0. The number of hydrogen-bond acceptors (Lipinski definition) is 3. The van der Waals surface area contributed by atoms with Crippen LogP contribution in [-0.4, -0.2) is 18.0 Å². The fraction of sp³-hybridized carbons (Fsp3) is 0.429. The monoisotopic (exact) mass is 247 g/mol. The lowest BCUT2D eigenvalue weighted by Crippen LogP contribution is -2.19. The molecule has 96 valence electrons. The topological polar surface area (TPSA) is 55.4 Å². The summed E-state index contributed by atoms with van der Waals surface area (Å²) in [5.74, 6) is -0.707. The van der Waals surface area contributed by atoms with E-state index in [1.165, 1.54) is 0 Å². The number of nitrogens with one attached hydrogen (secondary N) is 1. The van der Waals surface area contributed by atoms with Gasteiger partial charge in [-0.2, -0.15) is 0 Å². The molecule has 1 amide bonds. The zero-order chi connectivity index (χ0) is 13.1. The van der Waals surface area contributed by atoms with Crippen LogP contribution in [0.3, 0.4) is 0 Å². The largest absolute Gasteiger partial charge is 0.462 e. The minimum absolute atomic E-state index is 0.0744. The summed E-state index contributed by atoms with van der Waals surface area (Å²) in [5.41, 5.74) is 1.89. The van der Waals surface area contributed by atoms with Crippen LogP contribution in [0.4, 0.5) is 5.69 Å². The van der Waals surface area contributed by atoms with Crippen LogP contribution in [0.5, 0.6) is 0 Å². The van der Waals surface area contributed by atoms with Gasteiger partial charge in [-0.1, -0.05) is 17.7 Å². The van der Waals surface area contributed by atoms with Crippen molar-refractivity contribution in [2.45, 2.75) is 32.8 Å². The first-order valence-corrected chi connectivity index (χ1v) is 6.11. The van der Waals surface area contributed by atoms with E-state index in [9.17, 15) is 9.59 Å². The summed E-state index contributed by atoms with van der Waals surface area (Å²) in [6, 6.07) is 7.56. The Morgan fingerprint density at radius 1 is 1.39 bits per heavy atom. The molecular weight excluding hydrogens is 230 g/mol. The van der Waals surface area contributed by atoms with Crippen molar-refractivity contribution in [3.63, 3.8) is 0 Å². The first kappa shape index (κ1) is 12.6. The zero-order valence-electron chi connectivity index (χ0n) is 10.6. The van der Waals surface area contributed by atoms with Crippen LogP contribution >= 0.6 is 0 Å². The fourth-order valence-electron chi connectivity index (χ4n) is 2.08. The summed E-state index contributed by atoms with van der Waals surface area (Å²) in [5, 5.41) is 2.78. The van der Waals surface area contributed by atoms with Crippen LogP contribution in [0.25, 0.3) is 0 Å². The average Bonchev–Trinajstić information content (AvgIpc) is 2.61. The third kappa shape index (κ3) is 3.09. The Hall–Kier alpha value is -1.84. The van der Waals surface area contributed by atoms with E-state index in [1.807, 2.05) is 38.1 Å². The summed E-state index contributed by atoms with van der Waals surface area (Å²) in [6.07, 6.45) is 0.742. The molecule has 0 unspecified atom stereocenters. The van der Waals surface area contributed by atoms with Crippen LogP contribution in [0.1, 0.15) is 25.3 Å². The minimum Gasteiger partial charge on any atom is -0.462 e. The van der Waals surface area contributed by atoms with Gasteiger partial charge in [0, 0.05) is 12.1 Å². The molecule has 18 heavy (non-hydrogen) atoms. The smallest absolute Gasteiger partial charge is 0.309 e. The molecule has 1 heterocycles. The van der Waals surface area contributed by atoms with Crippen molar-refractivity contribution < 1.29 is 14.3 Å². The Bertz CT molecular complexity index is 453. The second-order valence-electron chi connectivity index (χ2n) is 4.80. The van der Waals surface area contributed by atoms with E-state index >= 15 is 0 Å². The molecule has 1 aromatic carbocycles. The number of cyclic esters (lactones) is 1. The van der Waals surface area contributed by atoms with Gasteiger partial charge < -0.3 is 10.1 Å². The van der Waals surface area contributed by atoms with E-state index in [0.717, 1.165) is 11.3 Å². The third-order valence-corrected chi connectivity index (χ3v) is 3.03. The maximum Gasteiger partial charge on any atom is 0.309 e. The molecule has 1 aromatic rings. The van der Waals surface area contributed by atoms with E-state index in [1.54, 1.807) is 0 Å². The average molecular weight is 247 g/mol. The van der Waals surface area contributed by atoms with Gasteiger partial charge in [-0.3, -0.25) is 9.59 Å². The van der Waals surface area contributed by atoms with Crippen LogP contribution in [0.15, 0.2) is 24.3 Å². The molecule has 1 aliphatic rings. The first-order chi connectivity index (χ1) is 8.54. The van der Waals surface area contributed by atoms with Crippen molar-refractivity contribution in [3.8, 4) is 0 Å². The normalized spacial score (nSPS) is 22.7. The van der Waals surface area contributed by atoms with Crippen molar-refractivity contribution in [2.24, 2.45) is 5.92 Å². The summed E-state index contributed by atoms with van der Waals surface area (Å²) in [4.78, 5) is 23.2. The highest BCUT2D eigenvalue weighted by atomic mass is 16.5. The van der Waals surface area contributed by atoms with Gasteiger partial charge in [0.25, 0.3) is 0 Å². The van der Waals surface area contributed by atoms with Crippen molar-refractivity contribution in [1.82, 2.24) is 0 Å². The lowest BCUT2D eigenvalue weighted by atomic mass is 10.0. The van der Waals surface area contributed by atoms with Gasteiger partial charge in [0.05, 0.1) is 12.0 Å². The molecule has 4 heteroatoms. The Morgan fingerprint density at radius 2 is 2.06 bits per heavy atom. The number of carbonyl (C=O) groups is 2. The quantitative estimate of drug-likeness (QED) is 0.834. The van der Waals surface area contributed by atoms with Crippen LogP contribution in [-0.2, 0) is 14.3 Å². The number of aryl methyl sites for hydroxylation is 1. The maximum absolute atomic E-state index is 11.8. The molecule has 4 nitrogen and oxygen atoms in total. The maximum atomic E-state index is 11.8. The molecule has 1 fully saturated rings. The lowest BCUT2D eigenvalue weighted by molar-refractivity contribution is -0.144. The Kier molecular flexibility index (Phi) is 3.65. The molecule has 0 saturated carbocycles. The molecule has 0 radical (unpaired) electrons. The zero-order valence-corrected chi connectivity index (χ0v) is 10.6. The number of esters is 1. The predicted octanol–water partition coefficient (Wildman–Crippen LogP) is 2.28. The summed E-state index contributed by atoms with van der Waals surface area (Å²) < 4.78 is 5.02. The molecule has 0 bridgehead atoms. The number of anilines is 1. The second-order valence-corrected chi connectivity index (χ2v) is 4.80. The predicted molar refractivity (Wildman–Crippen MR) is 68.1 cm³/mol. The van der Waals surface area contributed by atoms with Crippen molar-refractivity contribution in [2.75, 3.05) is 5.32 Å². The van der Waals surface area contributed by atoms with Crippen molar-refractivity contribution in [1.29, 1.82) is 0 Å². The van der Waals surface area contributed by atoms with Crippen molar-refractivity contribution in [3.05, 3.63) is 29.8 Å². The number of hydrogen-bond donors (Lipinski definition) is 1. The molecular formula is C14H17NO3. The van der Waals surface area contributed by atoms with E-state index in [0.29, 0.717) is 6.42 Å². The highest BCUT2D eigenvalue weighted by molar-refractivity contribution is 5.93. The number of amides is 1. The van der Waals surface area contributed by atoms with Crippen LogP contribution < -0.4 is 5.32 Å². The van der Waals surface area contributed by atoms with E-state index in [-0.39, 0.29) is 30.3 Å². The number of rotatable bonds is 3. The molecule has 1 N–H and O–H groups in total. The molecule has 0 aromatic heterocycles. The molecule has 1 saturated heterocycles. The van der Waals surface area contributed by atoms with Gasteiger partial charge >= 0.3 is 5.97 Å². The Balaban J connectivity index is 1.89. The van der Waals surface area contributed by atoms with Gasteiger partial charge in [0.15, 0.2) is 0 Å². The molecule has 1 aliphatic heterocycles. The van der Waals surface area contributed by atoms with E-state index in [4.69, 9.17) is 4.74 Å². The van der Waals surface area contributed by atoms with Gasteiger partial charge in [-0.15, -0.1) is 0 Å². The van der Waals surface area contributed by atoms with E-state index < -0.39 is 0 Å². The van der Waals surface area contributed by atoms with Gasteiger partial charge in [0.1, 0.15) is 0 Å². The molecule has 2 atom stereocenters. The van der Waals surface area contributed by atoms with Crippen LogP contribution in [0.2, 0.25) is 0 Å². The highest BCUT2D eigenvalue weighted by Crippen LogP contribution is 2.24. The fourth-order valence-corrected chi connectivity index (χ4v) is 2.08. The lowest BCUT2D eigenvalue weighted by Gasteiger charge is -2.07. The van der Waals surface area contributed by atoms with Gasteiger partial charge in [0.2, 0.25) is 5.91 Å². The van der Waals surface area contributed by atoms with Crippen LogP contribution in [0, 0.1) is 12.8 Å².